The van der Waals surface area contributed by atoms with Crippen LogP contribution in [0.5, 0.6) is 5.75 Å². The standard InChI is InChI=1S/C22H17NO2/c1-25-21-13-11-20(12-14-21)22(16-23,18-5-3-2-4-6-18)19-9-7-17(15-24)8-10-19/h2-15H,1H3. The Morgan fingerprint density at radius 1 is 0.840 bits per heavy atom. The van der Waals surface area contributed by atoms with Crippen molar-refractivity contribution in [1.82, 2.24) is 0 Å². The van der Waals surface area contributed by atoms with Gasteiger partial charge in [-0.25, -0.2) is 0 Å². The van der Waals surface area contributed by atoms with Crippen LogP contribution in [0.3, 0.4) is 0 Å². The number of benzene rings is 3. The van der Waals surface area contributed by atoms with Gasteiger partial charge in [-0.05, 0) is 28.8 Å². The minimum absolute atomic E-state index is 0.582. The van der Waals surface area contributed by atoms with Crippen molar-refractivity contribution in [1.29, 1.82) is 5.26 Å². The smallest absolute Gasteiger partial charge is 0.150 e. The van der Waals surface area contributed by atoms with E-state index in [0.29, 0.717) is 5.56 Å². The van der Waals surface area contributed by atoms with Crippen molar-refractivity contribution in [2.24, 2.45) is 0 Å². The van der Waals surface area contributed by atoms with E-state index in [2.05, 4.69) is 6.07 Å². The largest absolute Gasteiger partial charge is 0.497 e. The van der Waals surface area contributed by atoms with Crippen LogP contribution in [0.2, 0.25) is 0 Å². The number of nitrogens with zero attached hydrogens (tertiary/aromatic N) is 1. The minimum Gasteiger partial charge on any atom is -0.497 e. The Hall–Kier alpha value is -3.38. The molecule has 0 radical (unpaired) electrons. The number of carbonyl (C=O) groups excluding carboxylic acids is 1. The summed E-state index contributed by atoms with van der Waals surface area (Å²) in [5.41, 5.74) is 2.16. The Balaban J connectivity index is 2.25. The van der Waals surface area contributed by atoms with E-state index in [0.717, 1.165) is 28.7 Å². The second-order valence-corrected chi connectivity index (χ2v) is 5.70. The molecule has 3 heteroatoms. The summed E-state index contributed by atoms with van der Waals surface area (Å²) in [6.07, 6.45) is 0.799. The molecule has 3 nitrogen and oxygen atoms in total. The topological polar surface area (TPSA) is 50.1 Å². The average Bonchev–Trinajstić information content (AvgIpc) is 2.71. The molecule has 0 N–H and O–H groups in total. The predicted molar refractivity (Wildman–Crippen MR) is 96.8 cm³/mol. The molecule has 3 aromatic carbocycles. The zero-order chi connectivity index (χ0) is 17.7. The molecule has 3 aromatic rings. The number of rotatable bonds is 5. The van der Waals surface area contributed by atoms with E-state index in [1.54, 1.807) is 19.2 Å². The van der Waals surface area contributed by atoms with Gasteiger partial charge in [0.1, 0.15) is 17.5 Å². The van der Waals surface area contributed by atoms with Crippen LogP contribution in [0, 0.1) is 11.3 Å². The normalized spacial score (nSPS) is 12.6. The Bertz CT molecular complexity index is 894. The van der Waals surface area contributed by atoms with Crippen LogP contribution < -0.4 is 4.74 Å². The monoisotopic (exact) mass is 327 g/mol. The fourth-order valence-electron chi connectivity index (χ4n) is 3.03. The first-order chi connectivity index (χ1) is 12.2. The fraction of sp³-hybridized carbons (Fsp3) is 0.0909. The van der Waals surface area contributed by atoms with Gasteiger partial charge in [-0.2, -0.15) is 5.26 Å². The third kappa shape index (κ3) is 2.90. The van der Waals surface area contributed by atoms with Gasteiger partial charge in [0.15, 0.2) is 0 Å². The number of carbonyl (C=O) groups is 1. The van der Waals surface area contributed by atoms with E-state index >= 15 is 0 Å². The van der Waals surface area contributed by atoms with Gasteiger partial charge in [-0.1, -0.05) is 66.7 Å². The number of nitriles is 1. The van der Waals surface area contributed by atoms with Crippen molar-refractivity contribution in [2.75, 3.05) is 7.11 Å². The molecule has 0 bridgehead atoms. The Morgan fingerprint density at radius 2 is 1.36 bits per heavy atom. The second kappa shape index (κ2) is 7.02. The van der Waals surface area contributed by atoms with Gasteiger partial charge in [0.25, 0.3) is 0 Å². The number of ether oxygens (including phenoxy) is 1. The fourth-order valence-corrected chi connectivity index (χ4v) is 3.03. The molecule has 25 heavy (non-hydrogen) atoms. The second-order valence-electron chi connectivity index (χ2n) is 5.70. The summed E-state index contributed by atoms with van der Waals surface area (Å²) in [4.78, 5) is 11.0. The van der Waals surface area contributed by atoms with Crippen molar-refractivity contribution < 1.29 is 9.53 Å². The van der Waals surface area contributed by atoms with Gasteiger partial charge in [0, 0.05) is 5.56 Å². The van der Waals surface area contributed by atoms with Crippen molar-refractivity contribution in [2.45, 2.75) is 5.41 Å². The first kappa shape index (κ1) is 16.5. The molecule has 0 aliphatic heterocycles. The quantitative estimate of drug-likeness (QED) is 0.516. The highest BCUT2D eigenvalue weighted by Crippen LogP contribution is 2.39. The Kier molecular flexibility index (Phi) is 4.63. The van der Waals surface area contributed by atoms with Gasteiger partial charge < -0.3 is 4.74 Å². The van der Waals surface area contributed by atoms with Gasteiger partial charge in [-0.15, -0.1) is 0 Å². The minimum atomic E-state index is -0.963. The van der Waals surface area contributed by atoms with Gasteiger partial charge >= 0.3 is 0 Å². The summed E-state index contributed by atoms with van der Waals surface area (Å²) in [7, 11) is 1.61. The maximum atomic E-state index is 11.0. The van der Waals surface area contributed by atoms with E-state index in [1.807, 2.05) is 66.7 Å². The van der Waals surface area contributed by atoms with Crippen molar-refractivity contribution in [3.8, 4) is 11.8 Å². The number of aldehydes is 1. The molecule has 0 aliphatic rings. The number of methoxy groups -OCH3 is 1. The lowest BCUT2D eigenvalue weighted by atomic mass is 9.70. The molecular formula is C22H17NO2. The van der Waals surface area contributed by atoms with Crippen LogP contribution in [-0.2, 0) is 5.41 Å². The molecule has 122 valence electrons. The average molecular weight is 327 g/mol. The molecule has 0 aliphatic carbocycles. The van der Waals surface area contributed by atoms with Crippen LogP contribution in [0.15, 0.2) is 78.9 Å². The number of hydrogen-bond acceptors (Lipinski definition) is 3. The lowest BCUT2D eigenvalue weighted by Gasteiger charge is -2.29. The molecule has 0 saturated carbocycles. The third-order valence-corrected chi connectivity index (χ3v) is 4.38. The van der Waals surface area contributed by atoms with Gasteiger partial charge in [0.2, 0.25) is 0 Å². The van der Waals surface area contributed by atoms with E-state index in [1.165, 1.54) is 0 Å². The van der Waals surface area contributed by atoms with Crippen molar-refractivity contribution in [3.63, 3.8) is 0 Å². The summed E-state index contributed by atoms with van der Waals surface area (Å²) in [6.45, 7) is 0. The van der Waals surface area contributed by atoms with Crippen LogP contribution in [0.25, 0.3) is 0 Å². The Labute approximate surface area is 147 Å². The lowest BCUT2D eigenvalue weighted by molar-refractivity contribution is 0.112. The molecule has 1 atom stereocenters. The molecule has 0 fully saturated rings. The molecule has 1 unspecified atom stereocenters. The van der Waals surface area contributed by atoms with Gasteiger partial charge in [0.05, 0.1) is 13.2 Å². The molecule has 3 rings (SSSR count). The molecule has 0 heterocycles. The first-order valence-corrected chi connectivity index (χ1v) is 7.91. The number of hydrogen-bond donors (Lipinski definition) is 0. The maximum absolute atomic E-state index is 11.0. The van der Waals surface area contributed by atoms with Crippen LogP contribution in [-0.4, -0.2) is 13.4 Å². The summed E-state index contributed by atoms with van der Waals surface area (Å²) in [5.74, 6) is 0.736. The summed E-state index contributed by atoms with van der Waals surface area (Å²) in [5, 5.41) is 10.2. The highest BCUT2D eigenvalue weighted by atomic mass is 16.5. The molecule has 0 saturated heterocycles. The highest BCUT2D eigenvalue weighted by Gasteiger charge is 2.36. The van der Waals surface area contributed by atoms with Crippen LogP contribution in [0.1, 0.15) is 27.0 Å². The SMILES string of the molecule is COc1ccc(C(C#N)(c2ccccc2)c2ccc(C=O)cc2)cc1. The van der Waals surface area contributed by atoms with Crippen LogP contribution in [0.4, 0.5) is 0 Å². The Morgan fingerprint density at radius 3 is 1.84 bits per heavy atom. The zero-order valence-electron chi connectivity index (χ0n) is 13.8. The van der Waals surface area contributed by atoms with Gasteiger partial charge in [-0.3, -0.25) is 4.79 Å². The van der Waals surface area contributed by atoms with Crippen molar-refractivity contribution in [3.05, 3.63) is 101 Å². The highest BCUT2D eigenvalue weighted by molar-refractivity contribution is 5.75. The molecule has 0 amide bonds. The third-order valence-electron chi connectivity index (χ3n) is 4.38. The molecular weight excluding hydrogens is 310 g/mol. The van der Waals surface area contributed by atoms with E-state index in [9.17, 15) is 10.1 Å². The van der Waals surface area contributed by atoms with E-state index < -0.39 is 5.41 Å². The van der Waals surface area contributed by atoms with Crippen molar-refractivity contribution >= 4 is 6.29 Å². The lowest BCUT2D eigenvalue weighted by Crippen LogP contribution is -2.27. The molecule has 0 spiro atoms. The summed E-state index contributed by atoms with van der Waals surface area (Å²) < 4.78 is 5.24. The summed E-state index contributed by atoms with van der Waals surface area (Å²) >= 11 is 0. The summed E-state index contributed by atoms with van der Waals surface area (Å²) in [6, 6.07) is 26.8. The van der Waals surface area contributed by atoms with E-state index in [-0.39, 0.29) is 0 Å². The van der Waals surface area contributed by atoms with Crippen LogP contribution >= 0.6 is 0 Å². The van der Waals surface area contributed by atoms with E-state index in [4.69, 9.17) is 4.74 Å². The first-order valence-electron chi connectivity index (χ1n) is 7.91. The zero-order valence-corrected chi connectivity index (χ0v) is 13.8. The molecule has 0 aromatic heterocycles. The maximum Gasteiger partial charge on any atom is 0.150 e. The predicted octanol–water partition coefficient (Wildman–Crippen LogP) is 4.37.